The lowest BCUT2D eigenvalue weighted by molar-refractivity contribution is 0.418. The molecular weight excluding hydrogens is 274 g/mol. The number of hydrogen-bond acceptors (Lipinski definition) is 3. The number of halogens is 1. The molecule has 1 aromatic heterocycles. The molecule has 1 aliphatic carbocycles. The number of nitrogens with zero attached hydrogens (tertiary/aromatic N) is 2. The molecule has 0 aliphatic heterocycles. The fraction of sp³-hybridized carbons (Fsp3) is 0.727. The van der Waals surface area contributed by atoms with Crippen LogP contribution in [-0.4, -0.2) is 29.4 Å². The van der Waals surface area contributed by atoms with Crippen molar-refractivity contribution in [1.29, 1.82) is 0 Å². The van der Waals surface area contributed by atoms with E-state index in [2.05, 4.69) is 9.71 Å². The van der Waals surface area contributed by atoms with Gasteiger partial charge in [0.2, 0.25) is 0 Å². The molecule has 0 aromatic carbocycles. The van der Waals surface area contributed by atoms with Crippen molar-refractivity contribution in [2.24, 2.45) is 7.05 Å². The van der Waals surface area contributed by atoms with Crippen LogP contribution in [0.15, 0.2) is 11.2 Å². The second-order valence-corrected chi connectivity index (χ2v) is 6.99. The number of sulfonamides is 1. The van der Waals surface area contributed by atoms with Crippen LogP contribution in [0.1, 0.15) is 31.5 Å². The first-order valence-electron chi connectivity index (χ1n) is 6.06. The number of aryl methyl sites for hydroxylation is 2. The van der Waals surface area contributed by atoms with Crippen LogP contribution in [0.25, 0.3) is 0 Å². The number of aromatic nitrogens is 2. The van der Waals surface area contributed by atoms with Gasteiger partial charge in [0.25, 0.3) is 10.0 Å². The molecule has 2 unspecified atom stereocenters. The molecule has 2 atom stereocenters. The number of imidazole rings is 1. The summed E-state index contributed by atoms with van der Waals surface area (Å²) < 4.78 is 28.7. The van der Waals surface area contributed by atoms with Gasteiger partial charge in [-0.3, -0.25) is 0 Å². The topological polar surface area (TPSA) is 64.0 Å². The van der Waals surface area contributed by atoms with E-state index in [-0.39, 0.29) is 16.4 Å². The fourth-order valence-electron chi connectivity index (χ4n) is 2.13. The fourth-order valence-corrected chi connectivity index (χ4v) is 3.90. The highest BCUT2D eigenvalue weighted by molar-refractivity contribution is 7.89. The van der Waals surface area contributed by atoms with E-state index in [1.165, 1.54) is 6.20 Å². The second kappa shape index (κ2) is 5.19. The minimum atomic E-state index is -3.56. The Bertz CT molecular complexity index is 507. The van der Waals surface area contributed by atoms with E-state index in [4.69, 9.17) is 11.6 Å². The first-order valence-corrected chi connectivity index (χ1v) is 7.98. The normalized spacial score (nSPS) is 25.3. The summed E-state index contributed by atoms with van der Waals surface area (Å²) in [6.45, 7) is 1.77. The van der Waals surface area contributed by atoms with Crippen LogP contribution < -0.4 is 4.72 Å². The molecule has 102 valence electrons. The van der Waals surface area contributed by atoms with Crippen molar-refractivity contribution in [3.8, 4) is 0 Å². The Morgan fingerprint density at radius 1 is 1.44 bits per heavy atom. The quantitative estimate of drug-likeness (QED) is 0.860. The summed E-state index contributed by atoms with van der Waals surface area (Å²) in [7, 11) is -1.79. The largest absolute Gasteiger partial charge is 0.337 e. The van der Waals surface area contributed by atoms with Gasteiger partial charge in [-0.25, -0.2) is 18.1 Å². The van der Waals surface area contributed by atoms with E-state index in [0.717, 1.165) is 25.7 Å². The summed E-state index contributed by atoms with van der Waals surface area (Å²) in [6, 6.07) is -0.187. The van der Waals surface area contributed by atoms with Gasteiger partial charge < -0.3 is 4.57 Å². The average Bonchev–Trinajstić information content (AvgIpc) is 2.63. The Morgan fingerprint density at radius 3 is 2.67 bits per heavy atom. The highest BCUT2D eigenvalue weighted by atomic mass is 35.5. The maximum atomic E-state index is 12.2. The zero-order valence-electron chi connectivity index (χ0n) is 10.6. The van der Waals surface area contributed by atoms with Crippen molar-refractivity contribution in [3.05, 3.63) is 12.0 Å². The maximum Gasteiger partial charge on any atom is 0.259 e. The molecule has 0 bridgehead atoms. The van der Waals surface area contributed by atoms with Crippen LogP contribution in [0.3, 0.4) is 0 Å². The molecule has 5 nitrogen and oxygen atoms in total. The van der Waals surface area contributed by atoms with Crippen molar-refractivity contribution in [3.63, 3.8) is 0 Å². The van der Waals surface area contributed by atoms with E-state index in [0.29, 0.717) is 5.82 Å². The minimum Gasteiger partial charge on any atom is -0.337 e. The van der Waals surface area contributed by atoms with Crippen LogP contribution in [0.5, 0.6) is 0 Å². The Labute approximate surface area is 113 Å². The van der Waals surface area contributed by atoms with Gasteiger partial charge in [0.1, 0.15) is 5.82 Å². The number of alkyl halides is 1. The second-order valence-electron chi connectivity index (χ2n) is 4.77. The van der Waals surface area contributed by atoms with Gasteiger partial charge in [0.15, 0.2) is 5.03 Å². The Kier molecular flexibility index (Phi) is 3.99. The lowest BCUT2D eigenvalue weighted by atomic mass is 9.96. The van der Waals surface area contributed by atoms with Crippen molar-refractivity contribution in [2.45, 2.75) is 49.1 Å². The zero-order valence-corrected chi connectivity index (χ0v) is 12.1. The molecule has 0 saturated heterocycles. The van der Waals surface area contributed by atoms with E-state index >= 15 is 0 Å². The van der Waals surface area contributed by atoms with Gasteiger partial charge in [-0.1, -0.05) is 12.8 Å². The number of hydrogen-bond donors (Lipinski definition) is 1. The molecule has 0 amide bonds. The summed E-state index contributed by atoms with van der Waals surface area (Å²) in [5.41, 5.74) is 0. The van der Waals surface area contributed by atoms with E-state index < -0.39 is 10.0 Å². The lowest BCUT2D eigenvalue weighted by Gasteiger charge is -2.27. The van der Waals surface area contributed by atoms with Gasteiger partial charge in [0.05, 0.1) is 0 Å². The van der Waals surface area contributed by atoms with Gasteiger partial charge in [0, 0.05) is 24.7 Å². The first kappa shape index (κ1) is 13.8. The van der Waals surface area contributed by atoms with Gasteiger partial charge >= 0.3 is 0 Å². The van der Waals surface area contributed by atoms with E-state index in [1.807, 2.05) is 0 Å². The summed E-state index contributed by atoms with van der Waals surface area (Å²) in [5, 5.41) is -0.0599. The van der Waals surface area contributed by atoms with E-state index in [1.54, 1.807) is 18.5 Å². The highest BCUT2D eigenvalue weighted by Gasteiger charge is 2.29. The Hall–Kier alpha value is -0.590. The van der Waals surface area contributed by atoms with Gasteiger partial charge in [-0.2, -0.15) is 0 Å². The SMILES string of the molecule is Cc1nc(S(=O)(=O)NC2CCCCC2Cl)cn1C. The first-order chi connectivity index (χ1) is 8.40. The van der Waals surface area contributed by atoms with Crippen molar-refractivity contribution in [1.82, 2.24) is 14.3 Å². The smallest absolute Gasteiger partial charge is 0.259 e. The summed E-state index contributed by atoms with van der Waals surface area (Å²) in [6.07, 6.45) is 5.24. The zero-order chi connectivity index (χ0) is 13.3. The van der Waals surface area contributed by atoms with Gasteiger partial charge in [-0.15, -0.1) is 11.6 Å². The summed E-state index contributed by atoms with van der Waals surface area (Å²) in [4.78, 5) is 4.04. The van der Waals surface area contributed by atoms with Crippen LogP contribution in [0.2, 0.25) is 0 Å². The van der Waals surface area contributed by atoms with Crippen LogP contribution in [0, 0.1) is 6.92 Å². The minimum absolute atomic E-state index is 0.0666. The predicted molar refractivity (Wildman–Crippen MR) is 70.2 cm³/mol. The summed E-state index contributed by atoms with van der Waals surface area (Å²) in [5.74, 6) is 0.668. The monoisotopic (exact) mass is 291 g/mol. The van der Waals surface area contributed by atoms with Crippen LogP contribution in [0.4, 0.5) is 0 Å². The third-order valence-electron chi connectivity index (χ3n) is 3.35. The molecule has 1 aliphatic rings. The highest BCUT2D eigenvalue weighted by Crippen LogP contribution is 2.24. The molecule has 1 N–H and O–H groups in total. The molecule has 0 radical (unpaired) electrons. The Balaban J connectivity index is 2.16. The molecular formula is C11H18ClN3O2S. The third-order valence-corrected chi connectivity index (χ3v) is 5.23. The molecule has 1 fully saturated rings. The third kappa shape index (κ3) is 2.87. The molecule has 0 spiro atoms. The molecule has 1 aromatic rings. The summed E-state index contributed by atoms with van der Waals surface area (Å²) >= 11 is 6.16. The predicted octanol–water partition coefficient (Wildman–Crippen LogP) is 1.56. The van der Waals surface area contributed by atoms with Gasteiger partial charge in [-0.05, 0) is 19.8 Å². The molecule has 7 heteroatoms. The lowest BCUT2D eigenvalue weighted by Crippen LogP contribution is -2.42. The molecule has 1 heterocycles. The Morgan fingerprint density at radius 2 is 2.11 bits per heavy atom. The van der Waals surface area contributed by atoms with Crippen molar-refractivity contribution < 1.29 is 8.42 Å². The maximum absolute atomic E-state index is 12.2. The van der Waals surface area contributed by atoms with Crippen LogP contribution >= 0.6 is 11.6 Å². The molecule has 18 heavy (non-hydrogen) atoms. The number of rotatable bonds is 3. The standard InChI is InChI=1S/C11H18ClN3O2S/c1-8-13-11(7-15(8)2)18(16,17)14-10-6-4-3-5-9(10)12/h7,9-10,14H,3-6H2,1-2H3. The molecule has 2 rings (SSSR count). The molecule has 1 saturated carbocycles. The van der Waals surface area contributed by atoms with Crippen molar-refractivity contribution in [2.75, 3.05) is 0 Å². The average molecular weight is 292 g/mol. The van der Waals surface area contributed by atoms with E-state index in [9.17, 15) is 8.42 Å². The van der Waals surface area contributed by atoms with Crippen molar-refractivity contribution >= 4 is 21.6 Å². The van der Waals surface area contributed by atoms with Crippen LogP contribution in [-0.2, 0) is 17.1 Å². The number of nitrogens with one attached hydrogen (secondary N) is 1.